The van der Waals surface area contributed by atoms with Gasteiger partial charge in [-0.25, -0.2) is 4.39 Å². The van der Waals surface area contributed by atoms with Crippen molar-refractivity contribution in [2.45, 2.75) is 58.7 Å². The normalized spacial score (nSPS) is 12.7. The average Bonchev–Trinajstić information content (AvgIpc) is 2.75. The van der Waals surface area contributed by atoms with Crippen LogP contribution in [0.2, 0.25) is 0 Å². The van der Waals surface area contributed by atoms with E-state index in [1.54, 1.807) is 36.3 Å². The fourth-order valence-corrected chi connectivity index (χ4v) is 3.17. The minimum atomic E-state index is -0.602. The molecule has 0 aliphatic carbocycles. The number of hydrogen-bond acceptors (Lipinski definition) is 3. The zero-order chi connectivity index (χ0) is 22.1. The SMILES string of the molecule is CC[C@@H](C)NC(=O)[C@H](CC)N(Cc1ccc(F)cc1)C(=O)Cc1ccc(OC)cc1. The summed E-state index contributed by atoms with van der Waals surface area (Å²) in [6.07, 6.45) is 1.45. The lowest BCUT2D eigenvalue weighted by Crippen LogP contribution is -2.51. The standard InChI is InChI=1S/C24H31FN2O3/c1-5-17(3)26-24(29)22(6-2)27(16-19-7-11-20(25)12-8-19)23(28)15-18-9-13-21(30-4)14-10-18/h7-14,17,22H,5-6,15-16H2,1-4H3,(H,26,29)/t17-,22+/m1/s1. The van der Waals surface area contributed by atoms with Gasteiger partial charge in [-0.3, -0.25) is 9.59 Å². The summed E-state index contributed by atoms with van der Waals surface area (Å²) in [5.74, 6) is 0.0535. The highest BCUT2D eigenvalue weighted by Crippen LogP contribution is 2.17. The average molecular weight is 415 g/mol. The van der Waals surface area contributed by atoms with E-state index in [9.17, 15) is 14.0 Å². The van der Waals surface area contributed by atoms with Crippen molar-refractivity contribution in [3.63, 3.8) is 0 Å². The van der Waals surface area contributed by atoms with Gasteiger partial charge in [0, 0.05) is 12.6 Å². The third-order valence-corrected chi connectivity index (χ3v) is 5.17. The Balaban J connectivity index is 2.26. The van der Waals surface area contributed by atoms with Crippen LogP contribution in [0.5, 0.6) is 5.75 Å². The molecule has 2 aromatic carbocycles. The topological polar surface area (TPSA) is 58.6 Å². The molecule has 2 atom stereocenters. The van der Waals surface area contributed by atoms with E-state index in [4.69, 9.17) is 4.74 Å². The molecule has 0 saturated heterocycles. The maximum atomic E-state index is 13.3. The molecule has 0 unspecified atom stereocenters. The summed E-state index contributed by atoms with van der Waals surface area (Å²) in [5.41, 5.74) is 1.61. The zero-order valence-electron chi connectivity index (χ0n) is 18.2. The van der Waals surface area contributed by atoms with Crippen molar-refractivity contribution in [3.8, 4) is 5.75 Å². The Kier molecular flexibility index (Phi) is 8.84. The number of nitrogens with one attached hydrogen (secondary N) is 1. The molecule has 0 aromatic heterocycles. The third-order valence-electron chi connectivity index (χ3n) is 5.17. The summed E-state index contributed by atoms with van der Waals surface area (Å²) >= 11 is 0. The lowest BCUT2D eigenvalue weighted by atomic mass is 10.1. The van der Waals surface area contributed by atoms with Crippen LogP contribution < -0.4 is 10.1 Å². The van der Waals surface area contributed by atoms with E-state index in [1.165, 1.54) is 12.1 Å². The molecule has 30 heavy (non-hydrogen) atoms. The Morgan fingerprint density at radius 3 is 2.13 bits per heavy atom. The van der Waals surface area contributed by atoms with Crippen LogP contribution in [0.3, 0.4) is 0 Å². The van der Waals surface area contributed by atoms with E-state index in [0.717, 1.165) is 17.5 Å². The van der Waals surface area contributed by atoms with Crippen LogP contribution in [0, 0.1) is 5.82 Å². The second-order valence-electron chi connectivity index (χ2n) is 7.41. The van der Waals surface area contributed by atoms with Crippen LogP contribution in [-0.4, -0.2) is 35.9 Å². The van der Waals surface area contributed by atoms with E-state index >= 15 is 0 Å². The van der Waals surface area contributed by atoms with Gasteiger partial charge in [-0.15, -0.1) is 0 Å². The number of rotatable bonds is 10. The van der Waals surface area contributed by atoms with Gasteiger partial charge in [0.15, 0.2) is 0 Å². The van der Waals surface area contributed by atoms with Crippen LogP contribution >= 0.6 is 0 Å². The number of nitrogens with zero attached hydrogens (tertiary/aromatic N) is 1. The Morgan fingerprint density at radius 2 is 1.60 bits per heavy atom. The van der Waals surface area contributed by atoms with Gasteiger partial charge in [0.05, 0.1) is 13.5 Å². The molecule has 1 N–H and O–H groups in total. The van der Waals surface area contributed by atoms with Gasteiger partial charge >= 0.3 is 0 Å². The largest absolute Gasteiger partial charge is 0.497 e. The highest BCUT2D eigenvalue weighted by Gasteiger charge is 2.29. The maximum absolute atomic E-state index is 13.3. The van der Waals surface area contributed by atoms with Crippen molar-refractivity contribution in [3.05, 3.63) is 65.5 Å². The second kappa shape index (κ2) is 11.3. The molecule has 0 bridgehead atoms. The van der Waals surface area contributed by atoms with Crippen molar-refractivity contribution in [2.75, 3.05) is 7.11 Å². The van der Waals surface area contributed by atoms with Gasteiger partial charge in [0.1, 0.15) is 17.6 Å². The van der Waals surface area contributed by atoms with Crippen LogP contribution in [0.1, 0.15) is 44.7 Å². The molecule has 0 aliphatic heterocycles. The molecule has 0 heterocycles. The predicted molar refractivity (Wildman–Crippen MR) is 116 cm³/mol. The number of benzene rings is 2. The van der Waals surface area contributed by atoms with E-state index in [2.05, 4.69) is 5.32 Å². The summed E-state index contributed by atoms with van der Waals surface area (Å²) in [4.78, 5) is 27.7. The third kappa shape index (κ3) is 6.58. The summed E-state index contributed by atoms with van der Waals surface area (Å²) in [6, 6.07) is 12.7. The Labute approximate surface area is 178 Å². The van der Waals surface area contributed by atoms with Crippen molar-refractivity contribution < 1.29 is 18.7 Å². The van der Waals surface area contributed by atoms with Gasteiger partial charge in [-0.2, -0.15) is 0 Å². The smallest absolute Gasteiger partial charge is 0.243 e. The van der Waals surface area contributed by atoms with Crippen molar-refractivity contribution in [1.29, 1.82) is 0 Å². The van der Waals surface area contributed by atoms with E-state index in [0.29, 0.717) is 12.2 Å². The van der Waals surface area contributed by atoms with Gasteiger partial charge < -0.3 is 15.0 Å². The molecular formula is C24H31FN2O3. The minimum absolute atomic E-state index is 0.0240. The first-order valence-corrected chi connectivity index (χ1v) is 10.3. The first-order valence-electron chi connectivity index (χ1n) is 10.3. The Bertz CT molecular complexity index is 821. The molecule has 2 rings (SSSR count). The van der Waals surface area contributed by atoms with Crippen molar-refractivity contribution in [1.82, 2.24) is 10.2 Å². The predicted octanol–water partition coefficient (Wildman–Crippen LogP) is 4.10. The molecule has 0 fully saturated rings. The molecule has 6 heteroatoms. The first-order chi connectivity index (χ1) is 14.4. The maximum Gasteiger partial charge on any atom is 0.243 e. The molecular weight excluding hydrogens is 383 g/mol. The molecule has 5 nitrogen and oxygen atoms in total. The van der Waals surface area contributed by atoms with Gasteiger partial charge in [-0.1, -0.05) is 38.1 Å². The summed E-state index contributed by atoms with van der Waals surface area (Å²) < 4.78 is 18.5. The van der Waals surface area contributed by atoms with Crippen LogP contribution in [0.4, 0.5) is 4.39 Å². The number of carbonyl (C=O) groups excluding carboxylic acids is 2. The fraction of sp³-hybridized carbons (Fsp3) is 0.417. The molecule has 2 amide bonds. The Morgan fingerprint density at radius 1 is 1.00 bits per heavy atom. The lowest BCUT2D eigenvalue weighted by molar-refractivity contribution is -0.141. The lowest BCUT2D eigenvalue weighted by Gasteiger charge is -2.31. The number of halogens is 1. The first kappa shape index (κ1) is 23.4. The van der Waals surface area contributed by atoms with Crippen molar-refractivity contribution in [2.24, 2.45) is 0 Å². The minimum Gasteiger partial charge on any atom is -0.497 e. The molecule has 0 aliphatic rings. The monoisotopic (exact) mass is 414 g/mol. The molecule has 0 spiro atoms. The van der Waals surface area contributed by atoms with E-state index in [-0.39, 0.29) is 36.6 Å². The van der Waals surface area contributed by atoms with E-state index in [1.807, 2.05) is 32.9 Å². The summed E-state index contributed by atoms with van der Waals surface area (Å²) in [7, 11) is 1.59. The molecule has 0 saturated carbocycles. The molecule has 2 aromatic rings. The summed E-state index contributed by atoms with van der Waals surface area (Å²) in [6.45, 7) is 6.06. The number of ether oxygens (including phenoxy) is 1. The highest BCUT2D eigenvalue weighted by atomic mass is 19.1. The molecule has 162 valence electrons. The number of hydrogen-bond donors (Lipinski definition) is 1. The Hall–Kier alpha value is -2.89. The fourth-order valence-electron chi connectivity index (χ4n) is 3.17. The van der Waals surface area contributed by atoms with Crippen LogP contribution in [-0.2, 0) is 22.6 Å². The van der Waals surface area contributed by atoms with Gasteiger partial charge in [-0.05, 0) is 55.2 Å². The van der Waals surface area contributed by atoms with Crippen molar-refractivity contribution >= 4 is 11.8 Å². The number of carbonyl (C=O) groups is 2. The van der Waals surface area contributed by atoms with Gasteiger partial charge in [0.25, 0.3) is 0 Å². The molecule has 0 radical (unpaired) electrons. The zero-order valence-corrected chi connectivity index (χ0v) is 18.2. The van der Waals surface area contributed by atoms with Crippen LogP contribution in [0.15, 0.2) is 48.5 Å². The highest BCUT2D eigenvalue weighted by molar-refractivity contribution is 5.88. The van der Waals surface area contributed by atoms with Crippen LogP contribution in [0.25, 0.3) is 0 Å². The number of methoxy groups -OCH3 is 1. The van der Waals surface area contributed by atoms with E-state index < -0.39 is 6.04 Å². The quantitative estimate of drug-likeness (QED) is 0.637. The van der Waals surface area contributed by atoms with Gasteiger partial charge in [0.2, 0.25) is 11.8 Å². The summed E-state index contributed by atoms with van der Waals surface area (Å²) in [5, 5.41) is 2.98. The number of amides is 2. The second-order valence-corrected chi connectivity index (χ2v) is 7.41.